The van der Waals surface area contributed by atoms with Gasteiger partial charge in [0.1, 0.15) is 0 Å². The summed E-state index contributed by atoms with van der Waals surface area (Å²) < 4.78 is 5.20. The highest BCUT2D eigenvalue weighted by atomic mass is 32.1. The summed E-state index contributed by atoms with van der Waals surface area (Å²) in [6, 6.07) is 1.77. The average Bonchev–Trinajstić information content (AvgIpc) is 3.12. The van der Waals surface area contributed by atoms with Crippen molar-refractivity contribution in [3.63, 3.8) is 0 Å². The lowest BCUT2D eigenvalue weighted by Crippen LogP contribution is -2.14. The maximum atomic E-state index is 12.5. The van der Waals surface area contributed by atoms with Gasteiger partial charge in [0.05, 0.1) is 22.3 Å². The highest BCUT2D eigenvalue weighted by Crippen LogP contribution is 2.27. The van der Waals surface area contributed by atoms with Crippen molar-refractivity contribution < 1.29 is 9.32 Å². The fourth-order valence-corrected chi connectivity index (χ4v) is 3.17. The van der Waals surface area contributed by atoms with Crippen molar-refractivity contribution in [2.24, 2.45) is 0 Å². The van der Waals surface area contributed by atoms with Crippen LogP contribution in [0.15, 0.2) is 22.2 Å². The predicted octanol–water partition coefficient (Wildman–Crippen LogP) is 4.35. The third kappa shape index (κ3) is 3.17. The van der Waals surface area contributed by atoms with Crippen molar-refractivity contribution in [1.29, 1.82) is 0 Å². The summed E-state index contributed by atoms with van der Waals surface area (Å²) >= 11 is 1.42. The van der Waals surface area contributed by atoms with Crippen LogP contribution >= 0.6 is 11.3 Å². The molecule has 0 aliphatic heterocycles. The lowest BCUT2D eigenvalue weighted by molar-refractivity contribution is 0.102. The molecular weight excluding hydrogens is 324 g/mol. The molecule has 0 unspecified atom stereocenters. The Bertz CT molecular complexity index is 890. The molecule has 0 aliphatic rings. The van der Waals surface area contributed by atoms with E-state index in [1.807, 2.05) is 19.2 Å². The first-order chi connectivity index (χ1) is 11.3. The molecule has 0 aromatic carbocycles. The molecule has 0 atom stereocenters. The molecule has 0 spiro atoms. The van der Waals surface area contributed by atoms with Crippen molar-refractivity contribution in [2.45, 2.75) is 46.0 Å². The van der Waals surface area contributed by atoms with Gasteiger partial charge in [0.25, 0.3) is 11.6 Å². The van der Waals surface area contributed by atoms with E-state index in [0.717, 1.165) is 16.8 Å². The molecule has 126 valence electrons. The van der Waals surface area contributed by atoms with Gasteiger partial charge in [0, 0.05) is 17.0 Å². The predicted molar refractivity (Wildman–Crippen MR) is 94.7 cm³/mol. The molecule has 0 fully saturated rings. The van der Waals surface area contributed by atoms with Crippen LogP contribution in [0.2, 0.25) is 0 Å². The first-order valence-corrected chi connectivity index (χ1v) is 8.66. The fraction of sp³-hybridized carbons (Fsp3) is 0.412. The summed E-state index contributed by atoms with van der Waals surface area (Å²) in [4.78, 5) is 21.1. The van der Waals surface area contributed by atoms with Gasteiger partial charge in [-0.15, -0.1) is 11.3 Å². The number of hydrogen-bond acceptors (Lipinski definition) is 6. The van der Waals surface area contributed by atoms with Gasteiger partial charge in [-0.05, 0) is 12.0 Å². The van der Waals surface area contributed by atoms with Crippen molar-refractivity contribution >= 4 is 33.5 Å². The molecule has 6 nitrogen and oxygen atoms in total. The van der Waals surface area contributed by atoms with Gasteiger partial charge in [-0.25, -0.2) is 9.97 Å². The molecule has 24 heavy (non-hydrogen) atoms. The number of anilines is 1. The normalized spacial score (nSPS) is 12.1. The summed E-state index contributed by atoms with van der Waals surface area (Å²) in [5.41, 5.74) is 2.61. The van der Waals surface area contributed by atoms with Crippen LogP contribution < -0.4 is 5.32 Å². The van der Waals surface area contributed by atoms with Crippen LogP contribution in [0.25, 0.3) is 11.1 Å². The Labute approximate surface area is 144 Å². The van der Waals surface area contributed by atoms with Crippen LogP contribution in [0.4, 0.5) is 5.13 Å². The standard InChI is InChI=1S/C17H20N4O2S/c1-9(2)13-11-6-10(7-18-15(11)23-21-13)14(22)20-16-19-12(8-24-16)17(3,4)5/h6-9H,1-5H3,(H,19,20,22). The Hall–Kier alpha value is -2.28. The zero-order valence-electron chi connectivity index (χ0n) is 14.4. The van der Waals surface area contributed by atoms with Crippen molar-refractivity contribution in [3.05, 3.63) is 34.6 Å². The number of nitrogens with one attached hydrogen (secondary N) is 1. The number of thiazole rings is 1. The third-order valence-corrected chi connectivity index (χ3v) is 4.42. The van der Waals surface area contributed by atoms with E-state index in [2.05, 4.69) is 41.2 Å². The summed E-state index contributed by atoms with van der Waals surface area (Å²) in [5, 5.41) is 10.2. The number of pyridine rings is 1. The molecule has 3 rings (SSSR count). The Balaban J connectivity index is 1.86. The molecule has 3 aromatic heterocycles. The van der Waals surface area contributed by atoms with Gasteiger partial charge >= 0.3 is 0 Å². The molecule has 3 heterocycles. The second kappa shape index (κ2) is 5.98. The molecule has 7 heteroatoms. The maximum absolute atomic E-state index is 12.5. The van der Waals surface area contributed by atoms with Gasteiger partial charge in [0.2, 0.25) is 0 Å². The molecule has 1 amide bonds. The maximum Gasteiger partial charge on any atom is 0.259 e. The second-order valence-corrected chi connectivity index (χ2v) is 7.90. The third-order valence-electron chi connectivity index (χ3n) is 3.66. The van der Waals surface area contributed by atoms with Crippen molar-refractivity contribution in [1.82, 2.24) is 15.1 Å². The number of aromatic nitrogens is 3. The zero-order valence-corrected chi connectivity index (χ0v) is 15.2. The number of rotatable bonds is 3. The number of fused-ring (bicyclic) bond motifs is 1. The summed E-state index contributed by atoms with van der Waals surface area (Å²) in [6.45, 7) is 10.3. The van der Waals surface area contributed by atoms with Crippen molar-refractivity contribution in [2.75, 3.05) is 5.32 Å². The molecule has 1 N–H and O–H groups in total. The Morgan fingerprint density at radius 2 is 2.08 bits per heavy atom. The molecule has 0 saturated heterocycles. The van der Waals surface area contributed by atoms with E-state index in [-0.39, 0.29) is 17.2 Å². The lowest BCUT2D eigenvalue weighted by Gasteiger charge is -2.14. The van der Waals surface area contributed by atoms with E-state index < -0.39 is 0 Å². The number of amides is 1. The highest BCUT2D eigenvalue weighted by Gasteiger charge is 2.19. The monoisotopic (exact) mass is 344 g/mol. The van der Waals surface area contributed by atoms with Gasteiger partial charge in [-0.3, -0.25) is 10.1 Å². The Morgan fingerprint density at radius 1 is 1.33 bits per heavy atom. The molecule has 3 aromatic rings. The van der Waals surface area contributed by atoms with E-state index in [1.165, 1.54) is 17.5 Å². The molecule has 0 radical (unpaired) electrons. The molecule has 0 bridgehead atoms. The zero-order chi connectivity index (χ0) is 17.5. The summed E-state index contributed by atoms with van der Waals surface area (Å²) in [7, 11) is 0. The number of carbonyl (C=O) groups excluding carboxylic acids is 1. The van der Waals surface area contributed by atoms with E-state index in [1.54, 1.807) is 6.07 Å². The van der Waals surface area contributed by atoms with Gasteiger partial charge in [0.15, 0.2) is 5.13 Å². The fourth-order valence-electron chi connectivity index (χ4n) is 2.24. The van der Waals surface area contributed by atoms with Crippen LogP contribution in [-0.4, -0.2) is 21.0 Å². The van der Waals surface area contributed by atoms with E-state index in [9.17, 15) is 4.79 Å². The molecular formula is C17H20N4O2S. The Kier molecular flexibility index (Phi) is 4.13. The van der Waals surface area contributed by atoms with Crippen LogP contribution in [-0.2, 0) is 5.41 Å². The number of carbonyl (C=O) groups is 1. The quantitative estimate of drug-likeness (QED) is 0.764. The first kappa shape index (κ1) is 16.6. The lowest BCUT2D eigenvalue weighted by atomic mass is 9.93. The summed E-state index contributed by atoms with van der Waals surface area (Å²) in [5.74, 6) is -0.0465. The van der Waals surface area contributed by atoms with Crippen LogP contribution in [0.5, 0.6) is 0 Å². The molecule has 0 aliphatic carbocycles. The Morgan fingerprint density at radius 3 is 2.71 bits per heavy atom. The minimum absolute atomic E-state index is 0.0471. The van der Waals surface area contributed by atoms with Gasteiger partial charge < -0.3 is 4.52 Å². The number of nitrogens with zero attached hydrogens (tertiary/aromatic N) is 3. The van der Waals surface area contributed by atoms with Crippen LogP contribution in [0.1, 0.15) is 62.3 Å². The first-order valence-electron chi connectivity index (χ1n) is 7.78. The van der Waals surface area contributed by atoms with E-state index in [0.29, 0.717) is 16.4 Å². The smallest absolute Gasteiger partial charge is 0.259 e. The van der Waals surface area contributed by atoms with Crippen LogP contribution in [0.3, 0.4) is 0 Å². The van der Waals surface area contributed by atoms with Crippen LogP contribution in [0, 0.1) is 0 Å². The topological polar surface area (TPSA) is 80.9 Å². The highest BCUT2D eigenvalue weighted by molar-refractivity contribution is 7.14. The molecule has 0 saturated carbocycles. The van der Waals surface area contributed by atoms with Gasteiger partial charge in [-0.1, -0.05) is 39.8 Å². The van der Waals surface area contributed by atoms with E-state index in [4.69, 9.17) is 4.52 Å². The second-order valence-electron chi connectivity index (χ2n) is 7.04. The average molecular weight is 344 g/mol. The van der Waals surface area contributed by atoms with Crippen molar-refractivity contribution in [3.8, 4) is 0 Å². The minimum Gasteiger partial charge on any atom is -0.336 e. The number of hydrogen-bond donors (Lipinski definition) is 1. The SMILES string of the molecule is CC(C)c1noc2ncc(C(=O)Nc3nc(C(C)(C)C)cs3)cc12. The summed E-state index contributed by atoms with van der Waals surface area (Å²) in [6.07, 6.45) is 1.49. The largest absolute Gasteiger partial charge is 0.336 e. The van der Waals surface area contributed by atoms with Gasteiger partial charge in [-0.2, -0.15) is 0 Å². The minimum atomic E-state index is -0.241. The van der Waals surface area contributed by atoms with E-state index >= 15 is 0 Å².